The van der Waals surface area contributed by atoms with E-state index in [1.54, 1.807) is 30.1 Å². The molecular weight excluding hydrogens is 390 g/mol. The van der Waals surface area contributed by atoms with Crippen LogP contribution < -0.4 is 5.32 Å². The lowest BCUT2D eigenvalue weighted by molar-refractivity contribution is -0.387. The van der Waals surface area contributed by atoms with Crippen molar-refractivity contribution < 1.29 is 9.72 Å². The smallest absolute Gasteiger partial charge is 0.284 e. The average molecular weight is 414 g/mol. The molecule has 0 atom stereocenters. The molecule has 1 aromatic heterocycles. The van der Waals surface area contributed by atoms with Crippen LogP contribution in [0.25, 0.3) is 0 Å². The lowest BCUT2D eigenvalue weighted by atomic mass is 9.53. The van der Waals surface area contributed by atoms with E-state index in [2.05, 4.69) is 15.5 Å². The molecule has 4 aliphatic carbocycles. The van der Waals surface area contributed by atoms with Gasteiger partial charge in [0.2, 0.25) is 0 Å². The number of aryl methyl sites for hydroxylation is 1. The Balaban J connectivity index is 1.38. The SMILES string of the molecule is Cn1cnnc1Sc1ccc(C(=O)NC23CC4CC(CC(C4)C2)C3)cc1[N+](=O)[O-]. The minimum atomic E-state index is -0.444. The second-order valence-corrected chi connectivity index (χ2v) is 9.93. The summed E-state index contributed by atoms with van der Waals surface area (Å²) in [6.45, 7) is 0. The summed E-state index contributed by atoms with van der Waals surface area (Å²) in [6.07, 6.45) is 8.59. The molecule has 4 aliphatic rings. The van der Waals surface area contributed by atoms with Crippen LogP contribution in [0.2, 0.25) is 0 Å². The second-order valence-electron chi connectivity index (χ2n) is 8.92. The zero-order chi connectivity index (χ0) is 20.2. The van der Waals surface area contributed by atoms with Crippen LogP contribution in [0.3, 0.4) is 0 Å². The first-order chi connectivity index (χ1) is 13.9. The van der Waals surface area contributed by atoms with E-state index >= 15 is 0 Å². The van der Waals surface area contributed by atoms with E-state index in [-0.39, 0.29) is 17.1 Å². The summed E-state index contributed by atoms with van der Waals surface area (Å²) in [7, 11) is 1.78. The number of benzene rings is 1. The molecular formula is C20H23N5O3S. The fraction of sp³-hybridized carbons (Fsp3) is 0.550. The number of nitro groups is 1. The zero-order valence-electron chi connectivity index (χ0n) is 16.2. The van der Waals surface area contributed by atoms with Gasteiger partial charge in [0.1, 0.15) is 6.33 Å². The monoisotopic (exact) mass is 413 g/mol. The van der Waals surface area contributed by atoms with Gasteiger partial charge in [0, 0.05) is 24.2 Å². The summed E-state index contributed by atoms with van der Waals surface area (Å²) < 4.78 is 1.70. The van der Waals surface area contributed by atoms with E-state index < -0.39 is 4.92 Å². The maximum absolute atomic E-state index is 13.0. The second kappa shape index (κ2) is 6.83. The summed E-state index contributed by atoms with van der Waals surface area (Å²) >= 11 is 1.17. The molecule has 29 heavy (non-hydrogen) atoms. The third kappa shape index (κ3) is 3.41. The summed E-state index contributed by atoms with van der Waals surface area (Å²) in [4.78, 5) is 24.7. The minimum Gasteiger partial charge on any atom is -0.347 e. The molecule has 0 unspecified atom stereocenters. The van der Waals surface area contributed by atoms with Gasteiger partial charge < -0.3 is 9.88 Å². The fourth-order valence-corrected chi connectivity index (χ4v) is 6.78. The predicted molar refractivity (Wildman–Crippen MR) is 107 cm³/mol. The largest absolute Gasteiger partial charge is 0.347 e. The molecule has 4 saturated carbocycles. The van der Waals surface area contributed by atoms with Crippen LogP contribution in [-0.4, -0.2) is 31.1 Å². The third-order valence-corrected chi connectivity index (χ3v) is 7.82. The van der Waals surface area contributed by atoms with Crippen molar-refractivity contribution in [1.82, 2.24) is 20.1 Å². The predicted octanol–water partition coefficient (Wildman–Crippen LogP) is 3.57. The van der Waals surface area contributed by atoms with Gasteiger partial charge in [-0.2, -0.15) is 0 Å². The molecule has 4 bridgehead atoms. The number of carbonyl (C=O) groups excluding carboxylic acids is 1. The Labute approximate surface area is 172 Å². The average Bonchev–Trinajstić information content (AvgIpc) is 3.05. The van der Waals surface area contributed by atoms with Gasteiger partial charge in [-0.25, -0.2) is 0 Å². The topological polar surface area (TPSA) is 103 Å². The Bertz CT molecular complexity index is 953. The number of aromatic nitrogens is 3. The molecule has 9 heteroatoms. The van der Waals surface area contributed by atoms with Crippen molar-refractivity contribution >= 4 is 23.4 Å². The number of nitrogens with one attached hydrogen (secondary N) is 1. The maximum Gasteiger partial charge on any atom is 0.284 e. The number of hydrogen-bond donors (Lipinski definition) is 1. The minimum absolute atomic E-state index is 0.0869. The quantitative estimate of drug-likeness (QED) is 0.594. The first kappa shape index (κ1) is 18.6. The number of nitro benzene ring substituents is 1. The number of rotatable bonds is 5. The highest BCUT2D eigenvalue weighted by atomic mass is 32.2. The van der Waals surface area contributed by atoms with Crippen LogP contribution in [0.1, 0.15) is 48.9 Å². The van der Waals surface area contributed by atoms with Crippen molar-refractivity contribution in [2.75, 3.05) is 0 Å². The van der Waals surface area contributed by atoms with Crippen molar-refractivity contribution in [3.63, 3.8) is 0 Å². The normalized spacial score (nSPS) is 29.8. The van der Waals surface area contributed by atoms with Crippen LogP contribution in [0.5, 0.6) is 0 Å². The van der Waals surface area contributed by atoms with Gasteiger partial charge in [-0.05, 0) is 80.2 Å². The van der Waals surface area contributed by atoms with Crippen molar-refractivity contribution in [3.05, 3.63) is 40.2 Å². The number of hydrogen-bond acceptors (Lipinski definition) is 6. The molecule has 2 aromatic rings. The summed E-state index contributed by atoms with van der Waals surface area (Å²) in [5, 5.41) is 23.2. The van der Waals surface area contributed by atoms with Crippen LogP contribution >= 0.6 is 11.8 Å². The standard InChI is InChI=1S/C20H23N5O3S/c1-24-11-21-23-19(24)29-17-3-2-15(7-16(17)25(27)28)18(26)22-20-8-12-4-13(9-20)6-14(5-12)10-20/h2-3,7,11-14H,4-6,8-10H2,1H3,(H,22,26). The highest BCUT2D eigenvalue weighted by Gasteiger charge is 2.51. The van der Waals surface area contributed by atoms with E-state index in [9.17, 15) is 14.9 Å². The van der Waals surface area contributed by atoms with E-state index in [1.165, 1.54) is 37.1 Å². The van der Waals surface area contributed by atoms with Crippen molar-refractivity contribution in [2.45, 2.75) is 54.1 Å². The van der Waals surface area contributed by atoms with Gasteiger partial charge in [0.05, 0.1) is 9.82 Å². The van der Waals surface area contributed by atoms with Gasteiger partial charge in [0.25, 0.3) is 11.6 Å². The molecule has 152 valence electrons. The van der Waals surface area contributed by atoms with Crippen molar-refractivity contribution in [2.24, 2.45) is 24.8 Å². The molecule has 1 amide bonds. The van der Waals surface area contributed by atoms with Crippen LogP contribution in [0.4, 0.5) is 5.69 Å². The molecule has 0 saturated heterocycles. The summed E-state index contributed by atoms with van der Waals surface area (Å²) in [5.41, 5.74) is 0.137. The molecule has 0 spiro atoms. The Hall–Kier alpha value is -2.42. The Kier molecular flexibility index (Phi) is 4.38. The molecule has 1 heterocycles. The van der Waals surface area contributed by atoms with Crippen molar-refractivity contribution in [1.29, 1.82) is 0 Å². The number of amides is 1. The van der Waals surface area contributed by atoms with E-state index in [0.717, 1.165) is 37.0 Å². The fourth-order valence-electron chi connectivity index (χ4n) is 5.93. The van der Waals surface area contributed by atoms with Gasteiger partial charge >= 0.3 is 0 Å². The summed E-state index contributed by atoms with van der Waals surface area (Å²) in [5.74, 6) is 1.97. The lowest BCUT2D eigenvalue weighted by Gasteiger charge is -2.56. The van der Waals surface area contributed by atoms with Crippen molar-refractivity contribution in [3.8, 4) is 0 Å². The Morgan fingerprint density at radius 1 is 1.24 bits per heavy atom. The summed E-state index contributed by atoms with van der Waals surface area (Å²) in [6, 6.07) is 4.68. The lowest BCUT2D eigenvalue weighted by Crippen LogP contribution is -2.59. The van der Waals surface area contributed by atoms with Gasteiger partial charge in [0.15, 0.2) is 5.16 Å². The van der Waals surface area contributed by atoms with Crippen LogP contribution in [-0.2, 0) is 7.05 Å². The van der Waals surface area contributed by atoms with Crippen LogP contribution in [0.15, 0.2) is 34.6 Å². The molecule has 4 fully saturated rings. The molecule has 1 aromatic carbocycles. The van der Waals surface area contributed by atoms with E-state index in [4.69, 9.17) is 0 Å². The molecule has 0 aliphatic heterocycles. The zero-order valence-corrected chi connectivity index (χ0v) is 17.0. The van der Waals surface area contributed by atoms with Gasteiger partial charge in [-0.1, -0.05) is 0 Å². The molecule has 0 radical (unpaired) electrons. The van der Waals surface area contributed by atoms with Gasteiger partial charge in [-0.15, -0.1) is 10.2 Å². The molecule has 6 rings (SSSR count). The first-order valence-corrected chi connectivity index (χ1v) is 10.9. The van der Waals surface area contributed by atoms with Gasteiger partial charge in [-0.3, -0.25) is 14.9 Å². The Morgan fingerprint density at radius 3 is 2.45 bits per heavy atom. The third-order valence-electron chi connectivity index (χ3n) is 6.71. The molecule has 8 nitrogen and oxygen atoms in total. The maximum atomic E-state index is 13.0. The van der Waals surface area contributed by atoms with E-state index in [0.29, 0.717) is 15.6 Å². The van der Waals surface area contributed by atoms with Crippen LogP contribution in [0, 0.1) is 27.9 Å². The Morgan fingerprint density at radius 2 is 1.90 bits per heavy atom. The first-order valence-electron chi connectivity index (χ1n) is 10.0. The highest BCUT2D eigenvalue weighted by Crippen LogP contribution is 2.55. The number of nitrogens with zero attached hydrogens (tertiary/aromatic N) is 4. The molecule has 1 N–H and O–H groups in total. The van der Waals surface area contributed by atoms with E-state index in [1.807, 2.05) is 0 Å². The highest BCUT2D eigenvalue weighted by molar-refractivity contribution is 7.99. The number of carbonyl (C=O) groups is 1.